The summed E-state index contributed by atoms with van der Waals surface area (Å²) in [7, 11) is 0. The molecule has 1 heterocycles. The van der Waals surface area contributed by atoms with E-state index in [0.29, 0.717) is 0 Å². The number of nitrogens with zero attached hydrogens (tertiary/aromatic N) is 1. The Morgan fingerprint density at radius 2 is 2.11 bits per heavy atom. The summed E-state index contributed by atoms with van der Waals surface area (Å²) in [5, 5.41) is 0. The van der Waals surface area contributed by atoms with Crippen LogP contribution in [0.3, 0.4) is 0 Å². The summed E-state index contributed by atoms with van der Waals surface area (Å²) < 4.78 is 0. The van der Waals surface area contributed by atoms with E-state index in [2.05, 4.69) is 0 Å². The third-order valence-corrected chi connectivity index (χ3v) is 4.04. The quantitative estimate of drug-likeness (QED) is 0.888. The molecular formula is C16H24N2O. The van der Waals surface area contributed by atoms with Crippen LogP contribution >= 0.6 is 0 Å². The molecule has 1 aromatic carbocycles. The predicted octanol–water partition coefficient (Wildman–Crippen LogP) is 2.65. The summed E-state index contributed by atoms with van der Waals surface area (Å²) in [6.07, 6.45) is 3.27. The molecule has 1 fully saturated rings. The van der Waals surface area contributed by atoms with Crippen LogP contribution in [0.25, 0.3) is 0 Å². The first-order chi connectivity index (χ1) is 9.00. The minimum atomic E-state index is 0.0364. The van der Waals surface area contributed by atoms with Crippen molar-refractivity contribution in [3.63, 3.8) is 0 Å². The highest BCUT2D eigenvalue weighted by Gasteiger charge is 2.30. The lowest BCUT2D eigenvalue weighted by atomic mass is 9.95. The van der Waals surface area contributed by atoms with Crippen molar-refractivity contribution in [1.29, 1.82) is 0 Å². The van der Waals surface area contributed by atoms with Gasteiger partial charge in [-0.15, -0.1) is 0 Å². The first-order valence-corrected chi connectivity index (χ1v) is 7.14. The van der Waals surface area contributed by atoms with Crippen molar-refractivity contribution in [3.05, 3.63) is 34.9 Å². The zero-order valence-electron chi connectivity index (χ0n) is 12.1. The Labute approximate surface area is 115 Å². The number of likely N-dealkylation sites (tertiary alicyclic amines) is 1. The average molecular weight is 260 g/mol. The minimum absolute atomic E-state index is 0.0364. The van der Waals surface area contributed by atoms with Crippen molar-refractivity contribution in [2.45, 2.75) is 52.1 Å². The second-order valence-electron chi connectivity index (χ2n) is 5.74. The van der Waals surface area contributed by atoms with Crippen molar-refractivity contribution in [3.8, 4) is 0 Å². The van der Waals surface area contributed by atoms with Crippen LogP contribution in [0.1, 0.15) is 47.7 Å². The second-order valence-corrected chi connectivity index (χ2v) is 5.74. The molecule has 0 spiro atoms. The highest BCUT2D eigenvalue weighted by molar-refractivity contribution is 5.96. The highest BCUT2D eigenvalue weighted by atomic mass is 16.2. The van der Waals surface area contributed by atoms with E-state index < -0.39 is 0 Å². The maximum absolute atomic E-state index is 12.8. The monoisotopic (exact) mass is 260 g/mol. The van der Waals surface area contributed by atoms with Gasteiger partial charge in [-0.3, -0.25) is 4.79 Å². The van der Waals surface area contributed by atoms with Crippen molar-refractivity contribution in [1.82, 2.24) is 4.90 Å². The van der Waals surface area contributed by atoms with Crippen LogP contribution in [-0.2, 0) is 0 Å². The summed E-state index contributed by atoms with van der Waals surface area (Å²) in [5.74, 6) is 0.142. The molecule has 0 bridgehead atoms. The highest BCUT2D eigenvalue weighted by Crippen LogP contribution is 2.23. The zero-order valence-corrected chi connectivity index (χ0v) is 12.1. The molecule has 3 nitrogen and oxygen atoms in total. The maximum Gasteiger partial charge on any atom is 0.254 e. The van der Waals surface area contributed by atoms with Gasteiger partial charge in [-0.25, -0.2) is 0 Å². The lowest BCUT2D eigenvalue weighted by Gasteiger charge is -2.38. The van der Waals surface area contributed by atoms with Gasteiger partial charge in [0.05, 0.1) is 0 Å². The van der Waals surface area contributed by atoms with Gasteiger partial charge in [-0.2, -0.15) is 0 Å². The van der Waals surface area contributed by atoms with Crippen LogP contribution in [-0.4, -0.2) is 29.4 Å². The number of hydrogen-bond donors (Lipinski definition) is 1. The molecule has 0 saturated carbocycles. The number of carbonyl (C=O) groups excluding carboxylic acids is 1. The van der Waals surface area contributed by atoms with Crippen LogP contribution in [0.15, 0.2) is 18.2 Å². The Morgan fingerprint density at radius 1 is 1.37 bits per heavy atom. The van der Waals surface area contributed by atoms with Gasteiger partial charge < -0.3 is 10.6 Å². The van der Waals surface area contributed by atoms with Crippen molar-refractivity contribution in [2.75, 3.05) is 6.54 Å². The van der Waals surface area contributed by atoms with Gasteiger partial charge in [0.1, 0.15) is 0 Å². The van der Waals surface area contributed by atoms with Gasteiger partial charge in [-0.1, -0.05) is 17.7 Å². The van der Waals surface area contributed by atoms with Gasteiger partial charge in [0.15, 0.2) is 0 Å². The lowest BCUT2D eigenvalue weighted by molar-refractivity contribution is 0.0583. The molecule has 1 saturated heterocycles. The molecule has 2 rings (SSSR count). The lowest BCUT2D eigenvalue weighted by Crippen LogP contribution is -2.51. The number of carbonyl (C=O) groups is 1. The zero-order chi connectivity index (χ0) is 14.0. The second kappa shape index (κ2) is 5.74. The molecule has 2 N–H and O–H groups in total. The Balaban J connectivity index is 2.28. The van der Waals surface area contributed by atoms with Crippen LogP contribution < -0.4 is 5.73 Å². The van der Waals surface area contributed by atoms with E-state index in [1.165, 1.54) is 6.42 Å². The molecule has 0 aliphatic carbocycles. The van der Waals surface area contributed by atoms with Crippen molar-refractivity contribution >= 4 is 5.91 Å². The molecule has 104 valence electrons. The molecule has 1 aliphatic heterocycles. The number of nitrogens with two attached hydrogens (primary N) is 1. The number of rotatable bonds is 2. The van der Waals surface area contributed by atoms with Gasteiger partial charge >= 0.3 is 0 Å². The normalized spacial score (nSPS) is 21.3. The van der Waals surface area contributed by atoms with Crippen LogP contribution in [0, 0.1) is 13.8 Å². The summed E-state index contributed by atoms with van der Waals surface area (Å²) >= 11 is 0. The summed E-state index contributed by atoms with van der Waals surface area (Å²) in [4.78, 5) is 14.7. The fourth-order valence-corrected chi connectivity index (χ4v) is 2.88. The van der Waals surface area contributed by atoms with E-state index in [-0.39, 0.29) is 18.0 Å². The predicted molar refractivity (Wildman–Crippen MR) is 78.2 cm³/mol. The minimum Gasteiger partial charge on any atom is -0.334 e. The standard InChI is InChI=1S/C16H24N2O/c1-11-7-8-12(2)14(10-11)16(19)18-9-5-4-6-15(18)13(3)17/h7-8,10,13,15H,4-6,9,17H2,1-3H3/t13-,15+/m1/s1. The van der Waals surface area contributed by atoms with Gasteiger partial charge in [0, 0.05) is 24.2 Å². The third-order valence-electron chi connectivity index (χ3n) is 4.04. The van der Waals surface area contributed by atoms with Crippen LogP contribution in [0.2, 0.25) is 0 Å². The van der Waals surface area contributed by atoms with Crippen molar-refractivity contribution in [2.24, 2.45) is 5.73 Å². The smallest absolute Gasteiger partial charge is 0.254 e. The van der Waals surface area contributed by atoms with E-state index in [1.807, 2.05) is 43.9 Å². The molecule has 2 atom stereocenters. The number of aryl methyl sites for hydroxylation is 2. The molecular weight excluding hydrogens is 236 g/mol. The number of amides is 1. The topological polar surface area (TPSA) is 46.3 Å². The van der Waals surface area contributed by atoms with E-state index in [0.717, 1.165) is 36.1 Å². The Morgan fingerprint density at radius 3 is 2.79 bits per heavy atom. The summed E-state index contributed by atoms with van der Waals surface area (Å²) in [6, 6.07) is 6.28. The molecule has 0 radical (unpaired) electrons. The van der Waals surface area contributed by atoms with E-state index >= 15 is 0 Å². The molecule has 1 amide bonds. The maximum atomic E-state index is 12.8. The van der Waals surface area contributed by atoms with E-state index in [1.54, 1.807) is 0 Å². The van der Waals surface area contributed by atoms with E-state index in [9.17, 15) is 4.79 Å². The van der Waals surface area contributed by atoms with E-state index in [4.69, 9.17) is 5.73 Å². The summed E-state index contributed by atoms with van der Waals surface area (Å²) in [5.41, 5.74) is 9.05. The van der Waals surface area contributed by atoms with Crippen LogP contribution in [0.4, 0.5) is 0 Å². The first-order valence-electron chi connectivity index (χ1n) is 7.14. The third kappa shape index (κ3) is 2.98. The molecule has 0 aromatic heterocycles. The van der Waals surface area contributed by atoms with Gasteiger partial charge in [0.2, 0.25) is 0 Å². The Hall–Kier alpha value is -1.35. The SMILES string of the molecule is Cc1ccc(C)c(C(=O)N2CCCC[C@H]2[C@@H](C)N)c1. The number of piperidine rings is 1. The molecule has 19 heavy (non-hydrogen) atoms. The Bertz CT molecular complexity index is 468. The molecule has 0 unspecified atom stereocenters. The number of hydrogen-bond acceptors (Lipinski definition) is 2. The fourth-order valence-electron chi connectivity index (χ4n) is 2.88. The van der Waals surface area contributed by atoms with Gasteiger partial charge in [-0.05, 0) is 51.7 Å². The molecule has 3 heteroatoms. The van der Waals surface area contributed by atoms with Crippen LogP contribution in [0.5, 0.6) is 0 Å². The largest absolute Gasteiger partial charge is 0.334 e. The summed E-state index contributed by atoms with van der Waals surface area (Å²) in [6.45, 7) is 6.85. The molecule has 1 aliphatic rings. The first kappa shape index (κ1) is 14.1. The average Bonchev–Trinajstić information content (AvgIpc) is 2.40. The van der Waals surface area contributed by atoms with Crippen molar-refractivity contribution < 1.29 is 4.79 Å². The number of benzene rings is 1. The van der Waals surface area contributed by atoms with Gasteiger partial charge in [0.25, 0.3) is 5.91 Å². The Kier molecular flexibility index (Phi) is 4.25. The fraction of sp³-hybridized carbons (Fsp3) is 0.562. The molecule has 1 aromatic rings.